The lowest BCUT2D eigenvalue weighted by atomic mass is 10.0. The highest BCUT2D eigenvalue weighted by molar-refractivity contribution is 6.33. The van der Waals surface area contributed by atoms with Crippen LogP contribution in [0.3, 0.4) is 0 Å². The molecule has 0 saturated heterocycles. The number of fused-ring (bicyclic) bond motifs is 1. The van der Waals surface area contributed by atoms with Crippen molar-refractivity contribution in [3.63, 3.8) is 0 Å². The van der Waals surface area contributed by atoms with Gasteiger partial charge in [0.25, 0.3) is 5.91 Å². The van der Waals surface area contributed by atoms with Crippen molar-refractivity contribution in [3.05, 3.63) is 45.8 Å². The van der Waals surface area contributed by atoms with Crippen molar-refractivity contribution >= 4 is 35.1 Å². The SMILES string of the molecule is CC[C@H](C(=O)O)N1Cc2ccc(-c3nc(Cl)ncc3Cl)cc2C1=O. The summed E-state index contributed by atoms with van der Waals surface area (Å²) in [7, 11) is 0. The first kappa shape index (κ1) is 16.7. The predicted molar refractivity (Wildman–Crippen MR) is 89.1 cm³/mol. The number of hydrogen-bond acceptors (Lipinski definition) is 4. The van der Waals surface area contributed by atoms with Gasteiger partial charge in [0.15, 0.2) is 0 Å². The van der Waals surface area contributed by atoms with Gasteiger partial charge in [0.1, 0.15) is 6.04 Å². The van der Waals surface area contributed by atoms with Crippen LogP contribution >= 0.6 is 23.2 Å². The third-order valence-corrected chi connectivity index (χ3v) is 4.44. The normalized spacial score (nSPS) is 14.6. The van der Waals surface area contributed by atoms with E-state index in [4.69, 9.17) is 23.2 Å². The molecule has 6 nitrogen and oxygen atoms in total. The Labute approximate surface area is 148 Å². The Morgan fingerprint density at radius 3 is 2.83 bits per heavy atom. The summed E-state index contributed by atoms with van der Waals surface area (Å²) in [6.45, 7) is 2.01. The molecule has 2 heterocycles. The molecule has 1 atom stereocenters. The number of amides is 1. The molecule has 1 amide bonds. The van der Waals surface area contributed by atoms with Crippen LogP contribution in [-0.4, -0.2) is 37.9 Å². The van der Waals surface area contributed by atoms with Crippen molar-refractivity contribution in [2.75, 3.05) is 0 Å². The largest absolute Gasteiger partial charge is 0.480 e. The number of carbonyl (C=O) groups is 2. The Balaban J connectivity index is 2.00. The Morgan fingerprint density at radius 1 is 1.42 bits per heavy atom. The maximum absolute atomic E-state index is 12.6. The molecule has 0 fully saturated rings. The molecule has 3 rings (SSSR count). The van der Waals surface area contributed by atoms with Crippen LogP contribution in [0.2, 0.25) is 10.3 Å². The summed E-state index contributed by atoms with van der Waals surface area (Å²) in [6, 6.07) is 4.38. The van der Waals surface area contributed by atoms with Crippen molar-refractivity contribution in [1.29, 1.82) is 0 Å². The van der Waals surface area contributed by atoms with E-state index in [1.165, 1.54) is 11.1 Å². The van der Waals surface area contributed by atoms with Crippen LogP contribution in [0.1, 0.15) is 29.3 Å². The summed E-state index contributed by atoms with van der Waals surface area (Å²) >= 11 is 11.9. The van der Waals surface area contributed by atoms with E-state index in [0.29, 0.717) is 28.3 Å². The standard InChI is InChI=1S/C16H13Cl2N3O3/c1-2-12(15(23)24)21-7-9-4-3-8(5-10(9)14(21)22)13-11(17)6-19-16(18)20-13/h3-6,12H,2,7H2,1H3,(H,23,24)/t12-/m1/s1. The summed E-state index contributed by atoms with van der Waals surface area (Å²) in [4.78, 5) is 33.2. The Bertz CT molecular complexity index is 841. The van der Waals surface area contributed by atoms with Gasteiger partial charge in [0, 0.05) is 17.7 Å². The third kappa shape index (κ3) is 2.83. The van der Waals surface area contributed by atoms with Gasteiger partial charge in [-0.3, -0.25) is 4.79 Å². The molecule has 0 radical (unpaired) electrons. The van der Waals surface area contributed by atoms with Gasteiger partial charge in [-0.2, -0.15) is 0 Å². The average Bonchev–Trinajstić information content (AvgIpc) is 2.87. The van der Waals surface area contributed by atoms with Crippen molar-refractivity contribution < 1.29 is 14.7 Å². The van der Waals surface area contributed by atoms with Crippen molar-refractivity contribution in [1.82, 2.24) is 14.9 Å². The monoisotopic (exact) mass is 365 g/mol. The number of nitrogens with zero attached hydrogens (tertiary/aromatic N) is 3. The fraction of sp³-hybridized carbons (Fsp3) is 0.250. The van der Waals surface area contributed by atoms with Gasteiger partial charge in [-0.1, -0.05) is 30.7 Å². The third-order valence-electron chi connectivity index (χ3n) is 3.98. The number of aliphatic carboxylic acids is 1. The van der Waals surface area contributed by atoms with Gasteiger partial charge >= 0.3 is 5.97 Å². The number of halogens is 2. The lowest BCUT2D eigenvalue weighted by Gasteiger charge is -2.22. The molecule has 0 spiro atoms. The molecule has 1 aliphatic rings. The van der Waals surface area contributed by atoms with E-state index in [9.17, 15) is 14.7 Å². The van der Waals surface area contributed by atoms with Crippen LogP contribution < -0.4 is 0 Å². The Morgan fingerprint density at radius 2 is 2.17 bits per heavy atom. The molecular formula is C16H13Cl2N3O3. The average molecular weight is 366 g/mol. The molecule has 1 aromatic carbocycles. The number of hydrogen-bond donors (Lipinski definition) is 1. The minimum Gasteiger partial charge on any atom is -0.480 e. The van der Waals surface area contributed by atoms with E-state index in [1.54, 1.807) is 25.1 Å². The molecule has 1 aliphatic heterocycles. The summed E-state index contributed by atoms with van der Waals surface area (Å²) in [5, 5.41) is 9.66. The maximum atomic E-state index is 12.6. The molecule has 0 unspecified atom stereocenters. The number of carbonyl (C=O) groups excluding carboxylic acids is 1. The fourth-order valence-electron chi connectivity index (χ4n) is 2.80. The highest BCUT2D eigenvalue weighted by atomic mass is 35.5. The first-order valence-electron chi connectivity index (χ1n) is 7.27. The Kier molecular flexibility index (Phi) is 4.43. The topological polar surface area (TPSA) is 83.4 Å². The number of rotatable bonds is 4. The van der Waals surface area contributed by atoms with Crippen LogP contribution in [-0.2, 0) is 11.3 Å². The van der Waals surface area contributed by atoms with Crippen LogP contribution in [0.4, 0.5) is 0 Å². The first-order chi connectivity index (χ1) is 11.4. The van der Waals surface area contributed by atoms with Gasteiger partial charge in [0.2, 0.25) is 5.28 Å². The minimum absolute atomic E-state index is 0.0553. The van der Waals surface area contributed by atoms with E-state index in [-0.39, 0.29) is 17.7 Å². The number of carboxylic acid groups (broad SMARTS) is 1. The van der Waals surface area contributed by atoms with E-state index >= 15 is 0 Å². The van der Waals surface area contributed by atoms with Gasteiger partial charge in [-0.05, 0) is 29.7 Å². The number of benzene rings is 1. The molecular weight excluding hydrogens is 353 g/mol. The second kappa shape index (κ2) is 6.37. The summed E-state index contributed by atoms with van der Waals surface area (Å²) in [6.07, 6.45) is 1.74. The van der Waals surface area contributed by atoms with Crippen LogP contribution in [0.25, 0.3) is 11.3 Å². The van der Waals surface area contributed by atoms with Gasteiger partial charge < -0.3 is 10.0 Å². The van der Waals surface area contributed by atoms with Crippen molar-refractivity contribution in [3.8, 4) is 11.3 Å². The lowest BCUT2D eigenvalue weighted by molar-refractivity contribution is -0.142. The minimum atomic E-state index is -1.01. The molecule has 1 N–H and O–H groups in total. The maximum Gasteiger partial charge on any atom is 0.326 e. The van der Waals surface area contributed by atoms with Crippen LogP contribution in [0.5, 0.6) is 0 Å². The van der Waals surface area contributed by atoms with Crippen molar-refractivity contribution in [2.45, 2.75) is 25.9 Å². The van der Waals surface area contributed by atoms with Crippen LogP contribution in [0.15, 0.2) is 24.4 Å². The fourth-order valence-corrected chi connectivity index (χ4v) is 3.13. The molecule has 2 aromatic rings. The molecule has 124 valence electrons. The lowest BCUT2D eigenvalue weighted by Crippen LogP contribution is -2.40. The summed E-state index contributed by atoms with van der Waals surface area (Å²) < 4.78 is 0. The molecule has 8 heteroatoms. The van der Waals surface area contributed by atoms with Crippen LogP contribution in [0, 0.1) is 0 Å². The zero-order valence-electron chi connectivity index (χ0n) is 12.7. The van der Waals surface area contributed by atoms with E-state index in [2.05, 4.69) is 9.97 Å². The smallest absolute Gasteiger partial charge is 0.326 e. The molecule has 0 aliphatic carbocycles. The highest BCUT2D eigenvalue weighted by Gasteiger charge is 2.35. The quantitative estimate of drug-likeness (QED) is 0.840. The van der Waals surface area contributed by atoms with E-state index in [1.807, 2.05) is 0 Å². The van der Waals surface area contributed by atoms with Gasteiger partial charge in [0.05, 0.1) is 16.9 Å². The zero-order valence-corrected chi connectivity index (χ0v) is 14.2. The second-order valence-corrected chi connectivity index (χ2v) is 6.15. The van der Waals surface area contributed by atoms with E-state index < -0.39 is 12.0 Å². The molecule has 0 saturated carbocycles. The number of aromatic nitrogens is 2. The first-order valence-corrected chi connectivity index (χ1v) is 8.03. The molecule has 24 heavy (non-hydrogen) atoms. The highest BCUT2D eigenvalue weighted by Crippen LogP contribution is 2.32. The molecule has 0 bridgehead atoms. The summed E-state index contributed by atoms with van der Waals surface area (Å²) in [5.74, 6) is -1.32. The van der Waals surface area contributed by atoms with Gasteiger partial charge in [-0.25, -0.2) is 14.8 Å². The second-order valence-electron chi connectivity index (χ2n) is 5.40. The molecule has 1 aromatic heterocycles. The predicted octanol–water partition coefficient (Wildman–Crippen LogP) is 3.27. The Hall–Kier alpha value is -2.18. The zero-order chi connectivity index (χ0) is 17.4. The van der Waals surface area contributed by atoms with Crippen molar-refractivity contribution in [2.24, 2.45) is 0 Å². The summed E-state index contributed by atoms with van der Waals surface area (Å²) in [5.41, 5.74) is 2.29. The van der Waals surface area contributed by atoms with E-state index in [0.717, 1.165) is 5.56 Å². The van der Waals surface area contributed by atoms with Gasteiger partial charge in [-0.15, -0.1) is 0 Å². The number of carboxylic acids is 1.